The van der Waals surface area contributed by atoms with Crippen LogP contribution < -0.4 is 0 Å². The van der Waals surface area contributed by atoms with Gasteiger partial charge in [0.25, 0.3) is 0 Å². The van der Waals surface area contributed by atoms with Crippen molar-refractivity contribution >= 4 is 0 Å². The van der Waals surface area contributed by atoms with E-state index in [-0.39, 0.29) is 0 Å². The molecule has 0 amide bonds. The van der Waals surface area contributed by atoms with Gasteiger partial charge in [-0.25, -0.2) is 0 Å². The Labute approximate surface area is 58.0 Å². The van der Waals surface area contributed by atoms with Gasteiger partial charge in [-0.1, -0.05) is 25.8 Å². The third-order valence-electron chi connectivity index (χ3n) is 0.882. The third-order valence-corrected chi connectivity index (χ3v) is 0.882. The first-order chi connectivity index (χ1) is 4.27. The van der Waals surface area contributed by atoms with Crippen molar-refractivity contribution in [3.05, 3.63) is 12.7 Å². The number of allylic oxidation sites excluding steroid dienone is 1. The second kappa shape index (κ2) is 5.44. The Hall–Kier alpha value is -0.700. The van der Waals surface area contributed by atoms with Crippen molar-refractivity contribution < 1.29 is 0 Å². The maximum absolute atomic E-state index is 3.57. The molecule has 0 aliphatic carbocycles. The largest absolute Gasteiger partial charge is 0.103 e. The van der Waals surface area contributed by atoms with E-state index in [1.165, 1.54) is 0 Å². The Bertz CT molecular complexity index is 121. The first-order valence-electron chi connectivity index (χ1n) is 3.34. The van der Waals surface area contributed by atoms with Gasteiger partial charge < -0.3 is 0 Å². The summed E-state index contributed by atoms with van der Waals surface area (Å²) in [5.74, 6) is 6.76. The summed E-state index contributed by atoms with van der Waals surface area (Å²) in [7, 11) is 0. The van der Waals surface area contributed by atoms with Gasteiger partial charge in [-0.05, 0) is 5.92 Å². The zero-order valence-electron chi connectivity index (χ0n) is 6.28. The molecule has 0 aromatic heterocycles. The van der Waals surface area contributed by atoms with Crippen LogP contribution in [0.3, 0.4) is 0 Å². The molecule has 0 aliphatic heterocycles. The number of rotatable bonds is 2. The molecular weight excluding hydrogens is 108 g/mol. The summed E-state index contributed by atoms with van der Waals surface area (Å²) in [5.41, 5.74) is 0. The fourth-order valence-corrected chi connectivity index (χ4v) is 0.421. The highest BCUT2D eigenvalue weighted by molar-refractivity contribution is 5.03. The van der Waals surface area contributed by atoms with Crippen LogP contribution in [0.25, 0.3) is 0 Å². The molecule has 0 heterocycles. The summed E-state index contributed by atoms with van der Waals surface area (Å²) in [6.07, 6.45) is 3.66. The molecule has 9 heavy (non-hydrogen) atoms. The van der Waals surface area contributed by atoms with Crippen LogP contribution in [0.1, 0.15) is 26.7 Å². The molecule has 0 aromatic rings. The molecule has 0 spiro atoms. The van der Waals surface area contributed by atoms with Crippen LogP contribution in [0.2, 0.25) is 0 Å². The molecular formula is C9H14. The number of hydrogen-bond donors (Lipinski definition) is 0. The van der Waals surface area contributed by atoms with E-state index in [0.717, 1.165) is 12.8 Å². The van der Waals surface area contributed by atoms with Crippen LogP contribution in [0.4, 0.5) is 0 Å². The zero-order chi connectivity index (χ0) is 7.11. The fraction of sp³-hybridized carbons (Fsp3) is 0.556. The Morgan fingerprint density at radius 2 is 2.11 bits per heavy atom. The highest BCUT2D eigenvalue weighted by Crippen LogP contribution is 1.95. The van der Waals surface area contributed by atoms with Gasteiger partial charge in [0.15, 0.2) is 0 Å². The summed E-state index contributed by atoms with van der Waals surface area (Å²) in [4.78, 5) is 0. The Kier molecular flexibility index (Phi) is 5.01. The SMILES string of the molecule is C=CCC#CCC(C)C. The first kappa shape index (κ1) is 8.30. The minimum atomic E-state index is 0.697. The van der Waals surface area contributed by atoms with Crippen molar-refractivity contribution in [2.75, 3.05) is 0 Å². The van der Waals surface area contributed by atoms with E-state index in [2.05, 4.69) is 32.3 Å². The van der Waals surface area contributed by atoms with E-state index in [0.29, 0.717) is 5.92 Å². The second-order valence-corrected chi connectivity index (χ2v) is 2.44. The molecule has 0 bridgehead atoms. The van der Waals surface area contributed by atoms with Gasteiger partial charge in [-0.3, -0.25) is 0 Å². The van der Waals surface area contributed by atoms with Crippen molar-refractivity contribution in [3.63, 3.8) is 0 Å². The quantitative estimate of drug-likeness (QED) is 0.390. The van der Waals surface area contributed by atoms with Gasteiger partial charge in [-0.15, -0.1) is 12.5 Å². The minimum Gasteiger partial charge on any atom is -0.103 e. The van der Waals surface area contributed by atoms with E-state index in [1.807, 2.05) is 6.08 Å². The van der Waals surface area contributed by atoms with Crippen molar-refractivity contribution in [2.24, 2.45) is 5.92 Å². The molecule has 0 aromatic carbocycles. The summed E-state index contributed by atoms with van der Waals surface area (Å²) in [6, 6.07) is 0. The Morgan fingerprint density at radius 1 is 1.44 bits per heavy atom. The van der Waals surface area contributed by atoms with Crippen LogP contribution in [0.5, 0.6) is 0 Å². The van der Waals surface area contributed by atoms with Gasteiger partial charge >= 0.3 is 0 Å². The zero-order valence-corrected chi connectivity index (χ0v) is 6.28. The van der Waals surface area contributed by atoms with Crippen LogP contribution in [-0.4, -0.2) is 0 Å². The molecule has 0 aliphatic rings. The van der Waals surface area contributed by atoms with E-state index < -0.39 is 0 Å². The average Bonchev–Trinajstić information content (AvgIpc) is 1.80. The monoisotopic (exact) mass is 122 g/mol. The van der Waals surface area contributed by atoms with Crippen molar-refractivity contribution in [2.45, 2.75) is 26.7 Å². The van der Waals surface area contributed by atoms with E-state index in [1.54, 1.807) is 0 Å². The molecule has 50 valence electrons. The van der Waals surface area contributed by atoms with Crippen molar-refractivity contribution in [1.29, 1.82) is 0 Å². The Morgan fingerprint density at radius 3 is 2.56 bits per heavy atom. The molecule has 0 atom stereocenters. The van der Waals surface area contributed by atoms with E-state index in [9.17, 15) is 0 Å². The lowest BCUT2D eigenvalue weighted by atomic mass is 10.1. The van der Waals surface area contributed by atoms with Gasteiger partial charge in [0.2, 0.25) is 0 Å². The van der Waals surface area contributed by atoms with E-state index in [4.69, 9.17) is 0 Å². The molecule has 0 saturated carbocycles. The van der Waals surface area contributed by atoms with E-state index >= 15 is 0 Å². The highest BCUT2D eigenvalue weighted by atomic mass is 13.9. The minimum absolute atomic E-state index is 0.697. The lowest BCUT2D eigenvalue weighted by Gasteiger charge is -1.91. The molecule has 0 radical (unpaired) electrons. The standard InChI is InChI=1S/C9H14/c1-4-5-6-7-8-9(2)3/h4,9H,1,5,8H2,2-3H3. The van der Waals surface area contributed by atoms with Crippen LogP contribution in [0.15, 0.2) is 12.7 Å². The van der Waals surface area contributed by atoms with Crippen LogP contribution >= 0.6 is 0 Å². The normalized spacial score (nSPS) is 8.33. The summed E-state index contributed by atoms with van der Waals surface area (Å²) < 4.78 is 0. The highest BCUT2D eigenvalue weighted by Gasteiger charge is 1.84. The fourth-order valence-electron chi connectivity index (χ4n) is 0.421. The lowest BCUT2D eigenvalue weighted by Crippen LogP contribution is -1.80. The summed E-state index contributed by atoms with van der Waals surface area (Å²) >= 11 is 0. The first-order valence-corrected chi connectivity index (χ1v) is 3.34. The smallest absolute Gasteiger partial charge is 0.0267 e. The van der Waals surface area contributed by atoms with Gasteiger partial charge in [0.1, 0.15) is 0 Å². The molecule has 0 heteroatoms. The average molecular weight is 122 g/mol. The Balaban J connectivity index is 3.26. The van der Waals surface area contributed by atoms with Crippen molar-refractivity contribution in [1.82, 2.24) is 0 Å². The third kappa shape index (κ3) is 7.30. The number of hydrogen-bond acceptors (Lipinski definition) is 0. The van der Waals surface area contributed by atoms with Gasteiger partial charge in [0.05, 0.1) is 0 Å². The molecule has 0 saturated heterocycles. The second-order valence-electron chi connectivity index (χ2n) is 2.44. The van der Waals surface area contributed by atoms with Crippen LogP contribution in [-0.2, 0) is 0 Å². The lowest BCUT2D eigenvalue weighted by molar-refractivity contribution is 0.675. The topological polar surface area (TPSA) is 0 Å². The maximum Gasteiger partial charge on any atom is 0.0267 e. The summed E-state index contributed by atoms with van der Waals surface area (Å²) in [5, 5.41) is 0. The van der Waals surface area contributed by atoms with Gasteiger partial charge in [0, 0.05) is 12.8 Å². The predicted molar refractivity (Wildman–Crippen MR) is 42.0 cm³/mol. The van der Waals surface area contributed by atoms with Crippen LogP contribution in [0, 0.1) is 17.8 Å². The predicted octanol–water partition coefficient (Wildman–Crippen LogP) is 2.61. The molecule has 0 N–H and O–H groups in total. The van der Waals surface area contributed by atoms with Gasteiger partial charge in [-0.2, -0.15) is 0 Å². The molecule has 0 rings (SSSR count). The molecule has 0 fully saturated rings. The molecule has 0 nitrogen and oxygen atoms in total. The summed E-state index contributed by atoms with van der Waals surface area (Å²) in [6.45, 7) is 7.91. The molecule has 0 unspecified atom stereocenters. The maximum atomic E-state index is 3.57. The van der Waals surface area contributed by atoms with Crippen molar-refractivity contribution in [3.8, 4) is 11.8 Å².